The van der Waals surface area contributed by atoms with Gasteiger partial charge in [-0.15, -0.1) is 0 Å². The molecule has 1 aliphatic heterocycles. The number of aromatic amines is 1. The van der Waals surface area contributed by atoms with Crippen LogP contribution in [0.1, 0.15) is 24.9 Å². The molecule has 1 aromatic heterocycles. The maximum absolute atomic E-state index is 8.99. The highest BCUT2D eigenvalue weighted by molar-refractivity contribution is 7.71. The summed E-state index contributed by atoms with van der Waals surface area (Å²) in [5.74, 6) is 0. The molecule has 1 aliphatic rings. The molecule has 18 heavy (non-hydrogen) atoms. The summed E-state index contributed by atoms with van der Waals surface area (Å²) in [6.07, 6.45) is 1.11. The van der Waals surface area contributed by atoms with E-state index < -0.39 is 0 Å². The van der Waals surface area contributed by atoms with Crippen LogP contribution in [-0.2, 0) is 4.74 Å². The molecule has 0 amide bonds. The summed E-state index contributed by atoms with van der Waals surface area (Å²) in [5, 5.41) is 8.99. The van der Waals surface area contributed by atoms with E-state index in [4.69, 9.17) is 22.2 Å². The number of nitriles is 1. The lowest BCUT2D eigenvalue weighted by Gasteiger charge is -2.16. The number of nitrogens with zero attached hydrogens (tertiary/aromatic N) is 2. The fourth-order valence-corrected chi connectivity index (χ4v) is 2.92. The molecule has 0 spiro atoms. The van der Waals surface area contributed by atoms with Crippen molar-refractivity contribution in [2.75, 3.05) is 6.61 Å². The van der Waals surface area contributed by atoms with Crippen LogP contribution in [0.5, 0.6) is 0 Å². The van der Waals surface area contributed by atoms with Gasteiger partial charge in [0.1, 0.15) is 0 Å². The van der Waals surface area contributed by atoms with E-state index in [2.05, 4.69) is 22.5 Å². The number of benzene rings is 1. The Kier molecular flexibility index (Phi) is 2.69. The van der Waals surface area contributed by atoms with Gasteiger partial charge in [-0.3, -0.25) is 0 Å². The molecule has 1 aromatic carbocycles. The summed E-state index contributed by atoms with van der Waals surface area (Å²) in [5.41, 5.74) is 2.61. The van der Waals surface area contributed by atoms with Crippen LogP contribution in [0.25, 0.3) is 11.0 Å². The predicted octanol–water partition coefficient (Wildman–Crippen LogP) is 2.92. The normalized spacial score (nSPS) is 23.3. The average Bonchev–Trinajstić information content (AvgIpc) is 2.90. The van der Waals surface area contributed by atoms with Crippen molar-refractivity contribution in [3.05, 3.63) is 28.5 Å². The van der Waals surface area contributed by atoms with Gasteiger partial charge in [-0.2, -0.15) is 5.26 Å². The van der Waals surface area contributed by atoms with Gasteiger partial charge in [-0.25, -0.2) is 0 Å². The molecule has 5 heteroatoms. The van der Waals surface area contributed by atoms with Gasteiger partial charge in [0, 0.05) is 6.61 Å². The smallest absolute Gasteiger partial charge is 0.178 e. The molecule has 4 nitrogen and oxygen atoms in total. The fraction of sp³-hybridized carbons (Fsp3) is 0.385. The monoisotopic (exact) mass is 259 g/mol. The molecular weight excluding hydrogens is 246 g/mol. The van der Waals surface area contributed by atoms with E-state index in [0.717, 1.165) is 24.1 Å². The van der Waals surface area contributed by atoms with E-state index in [1.54, 1.807) is 6.07 Å². The Balaban J connectivity index is 2.24. The van der Waals surface area contributed by atoms with Crippen molar-refractivity contribution < 1.29 is 4.74 Å². The van der Waals surface area contributed by atoms with Crippen LogP contribution < -0.4 is 0 Å². The average molecular weight is 259 g/mol. The van der Waals surface area contributed by atoms with E-state index >= 15 is 0 Å². The Morgan fingerprint density at radius 3 is 3.06 bits per heavy atom. The van der Waals surface area contributed by atoms with Crippen LogP contribution in [0.3, 0.4) is 0 Å². The van der Waals surface area contributed by atoms with Crippen molar-refractivity contribution in [2.24, 2.45) is 0 Å². The van der Waals surface area contributed by atoms with Crippen molar-refractivity contribution >= 4 is 23.3 Å². The number of hydrogen-bond acceptors (Lipinski definition) is 3. The third-order valence-electron chi connectivity index (χ3n) is 3.51. The number of aromatic nitrogens is 2. The quantitative estimate of drug-likeness (QED) is 0.801. The van der Waals surface area contributed by atoms with Gasteiger partial charge >= 0.3 is 0 Å². The first-order chi connectivity index (χ1) is 8.70. The van der Waals surface area contributed by atoms with Gasteiger partial charge in [0.25, 0.3) is 0 Å². The molecule has 92 valence electrons. The maximum Gasteiger partial charge on any atom is 0.178 e. The summed E-state index contributed by atoms with van der Waals surface area (Å²) in [6, 6.07) is 8.00. The second kappa shape index (κ2) is 4.23. The summed E-state index contributed by atoms with van der Waals surface area (Å²) in [7, 11) is 0. The van der Waals surface area contributed by atoms with E-state index in [1.807, 2.05) is 12.1 Å². The van der Waals surface area contributed by atoms with Gasteiger partial charge < -0.3 is 14.3 Å². The first kappa shape index (κ1) is 11.5. The zero-order valence-corrected chi connectivity index (χ0v) is 10.8. The van der Waals surface area contributed by atoms with Crippen LogP contribution in [0.15, 0.2) is 18.2 Å². The molecule has 2 atom stereocenters. The zero-order valence-electron chi connectivity index (χ0n) is 10.0. The van der Waals surface area contributed by atoms with Gasteiger partial charge in [0.05, 0.1) is 34.8 Å². The van der Waals surface area contributed by atoms with Crippen molar-refractivity contribution in [1.29, 1.82) is 5.26 Å². The second-order valence-corrected chi connectivity index (χ2v) is 4.96. The molecule has 1 saturated heterocycles. The first-order valence-corrected chi connectivity index (χ1v) is 6.37. The fourth-order valence-electron chi connectivity index (χ4n) is 2.58. The lowest BCUT2D eigenvalue weighted by atomic mass is 10.1. The van der Waals surface area contributed by atoms with Crippen molar-refractivity contribution in [3.63, 3.8) is 0 Å². The minimum atomic E-state index is 0.154. The Morgan fingerprint density at radius 2 is 2.39 bits per heavy atom. The Bertz CT molecular complexity index is 694. The number of imidazole rings is 1. The van der Waals surface area contributed by atoms with E-state index in [9.17, 15) is 0 Å². The Morgan fingerprint density at radius 1 is 1.56 bits per heavy atom. The molecule has 1 fully saturated rings. The number of rotatable bonds is 1. The molecule has 1 N–H and O–H groups in total. The minimum absolute atomic E-state index is 0.154. The van der Waals surface area contributed by atoms with Crippen molar-refractivity contribution in [2.45, 2.75) is 25.5 Å². The lowest BCUT2D eigenvalue weighted by Crippen LogP contribution is -2.16. The zero-order chi connectivity index (χ0) is 12.7. The Labute approximate surface area is 110 Å². The van der Waals surface area contributed by atoms with Gasteiger partial charge in [-0.1, -0.05) is 0 Å². The first-order valence-electron chi connectivity index (χ1n) is 5.96. The van der Waals surface area contributed by atoms with Gasteiger partial charge in [-0.05, 0) is 43.8 Å². The summed E-state index contributed by atoms with van der Waals surface area (Å²) in [4.78, 5) is 3.19. The highest BCUT2D eigenvalue weighted by atomic mass is 32.1. The van der Waals surface area contributed by atoms with Crippen LogP contribution in [0.2, 0.25) is 0 Å². The largest absolute Gasteiger partial charge is 0.376 e. The summed E-state index contributed by atoms with van der Waals surface area (Å²) < 4.78 is 8.39. The number of H-pyrrole nitrogens is 1. The van der Waals surface area contributed by atoms with Crippen LogP contribution in [0, 0.1) is 16.1 Å². The van der Waals surface area contributed by atoms with E-state index in [1.165, 1.54) is 0 Å². The van der Waals surface area contributed by atoms with Gasteiger partial charge in [0.2, 0.25) is 0 Å². The second-order valence-electron chi connectivity index (χ2n) is 4.58. The molecular formula is C13H13N3OS. The van der Waals surface area contributed by atoms with E-state index in [0.29, 0.717) is 10.3 Å². The topological polar surface area (TPSA) is 53.7 Å². The standard InChI is InChI=1S/C13H13N3OS/c1-8-11(4-5-17-8)16-12-6-9(7-14)2-3-10(12)15-13(16)18/h2-3,6,8,11H,4-5H2,1H3,(H,15,18). The third kappa shape index (κ3) is 1.65. The summed E-state index contributed by atoms with van der Waals surface area (Å²) >= 11 is 5.39. The van der Waals surface area contributed by atoms with Crippen LogP contribution in [-0.4, -0.2) is 22.3 Å². The van der Waals surface area contributed by atoms with Gasteiger partial charge in [0.15, 0.2) is 4.77 Å². The molecule has 2 unspecified atom stereocenters. The predicted molar refractivity (Wildman–Crippen MR) is 70.9 cm³/mol. The van der Waals surface area contributed by atoms with E-state index in [-0.39, 0.29) is 12.1 Å². The highest BCUT2D eigenvalue weighted by Gasteiger charge is 2.27. The SMILES string of the molecule is CC1OCCC1n1c(=S)[nH]c2ccc(C#N)cc21. The van der Waals surface area contributed by atoms with Crippen LogP contribution >= 0.6 is 12.2 Å². The highest BCUT2D eigenvalue weighted by Crippen LogP contribution is 2.30. The lowest BCUT2D eigenvalue weighted by molar-refractivity contribution is 0.108. The number of nitrogens with one attached hydrogen (secondary N) is 1. The molecule has 2 heterocycles. The molecule has 0 aliphatic carbocycles. The molecule has 0 radical (unpaired) electrons. The van der Waals surface area contributed by atoms with Crippen LogP contribution in [0.4, 0.5) is 0 Å². The molecule has 0 bridgehead atoms. The number of fused-ring (bicyclic) bond motifs is 1. The van der Waals surface area contributed by atoms with Crippen molar-refractivity contribution in [3.8, 4) is 6.07 Å². The Hall–Kier alpha value is -1.64. The molecule has 0 saturated carbocycles. The maximum atomic E-state index is 8.99. The molecule has 2 aromatic rings. The molecule has 3 rings (SSSR count). The number of hydrogen-bond donors (Lipinski definition) is 1. The van der Waals surface area contributed by atoms with Crippen molar-refractivity contribution in [1.82, 2.24) is 9.55 Å². The third-order valence-corrected chi connectivity index (χ3v) is 3.81. The minimum Gasteiger partial charge on any atom is -0.376 e. The number of ether oxygens (including phenoxy) is 1. The summed E-state index contributed by atoms with van der Waals surface area (Å²) in [6.45, 7) is 2.82.